The SMILES string of the molecule is CC[C@@H]1C[C@H](C)CC/C=C\C2C[C@@]2(C(=O)NS(=O)(=O)C2(C)CC2)NC(=O)[C@@H]2C[C@@H](Oc3nc4cc(OC)c(F)cc4nc3C(F)(F)F)CN2C(=O)[C@H]1NC(=O)OC(C)(C)C(F)(F)F. The van der Waals surface area contributed by atoms with Gasteiger partial charge in [-0.1, -0.05) is 32.4 Å². The molecule has 6 rings (SSSR count). The lowest BCUT2D eigenvalue weighted by Gasteiger charge is -2.35. The first kappa shape index (κ1) is 47.5. The van der Waals surface area contributed by atoms with Gasteiger partial charge in [-0.05, 0) is 71.1 Å². The molecule has 3 fully saturated rings. The summed E-state index contributed by atoms with van der Waals surface area (Å²) in [6.07, 6.45) is -8.65. The third-order valence-electron chi connectivity index (χ3n) is 12.4. The van der Waals surface area contributed by atoms with Gasteiger partial charge in [0.05, 0.1) is 29.4 Å². The number of fused-ring (bicyclic) bond motifs is 3. The molecule has 2 saturated carbocycles. The van der Waals surface area contributed by atoms with Gasteiger partial charge in [0.15, 0.2) is 11.6 Å². The molecule has 2 aliphatic carbocycles. The molecular weight excluding hydrogens is 874 g/mol. The number of allylic oxidation sites excluding steroid dienone is 1. The Morgan fingerprint density at radius 2 is 1.71 bits per heavy atom. The van der Waals surface area contributed by atoms with Crippen molar-refractivity contribution < 1.29 is 72.5 Å². The Balaban J connectivity index is 1.41. The molecule has 4 aliphatic rings. The van der Waals surface area contributed by atoms with Crippen molar-refractivity contribution in [2.75, 3.05) is 13.7 Å². The molecule has 7 atom stereocenters. The number of aromatic nitrogens is 2. The van der Waals surface area contributed by atoms with Crippen LogP contribution >= 0.6 is 0 Å². The van der Waals surface area contributed by atoms with E-state index in [1.807, 2.05) is 6.92 Å². The van der Waals surface area contributed by atoms with E-state index in [2.05, 4.69) is 25.3 Å². The maximum Gasteiger partial charge on any atom is 0.438 e. The van der Waals surface area contributed by atoms with Crippen molar-refractivity contribution in [1.29, 1.82) is 0 Å². The first-order chi connectivity index (χ1) is 29.1. The Hall–Kier alpha value is -4.96. The number of rotatable bonds is 9. The molecule has 1 aromatic carbocycles. The van der Waals surface area contributed by atoms with Gasteiger partial charge in [0, 0.05) is 24.5 Å². The number of carbonyl (C=O) groups excluding carboxylic acids is 4. The first-order valence-electron chi connectivity index (χ1n) is 20.4. The summed E-state index contributed by atoms with van der Waals surface area (Å²) < 4.78 is 142. The third-order valence-corrected chi connectivity index (χ3v) is 14.5. The number of nitrogens with one attached hydrogen (secondary N) is 3. The highest BCUT2D eigenvalue weighted by atomic mass is 32.2. The van der Waals surface area contributed by atoms with E-state index in [4.69, 9.17) is 14.2 Å². The Bertz CT molecular complexity index is 2290. The number of benzene rings is 1. The number of sulfonamides is 1. The Labute approximate surface area is 358 Å². The zero-order valence-corrected chi connectivity index (χ0v) is 36.0. The smallest absolute Gasteiger partial charge is 0.438 e. The van der Waals surface area contributed by atoms with Crippen LogP contribution in [0.15, 0.2) is 24.3 Å². The quantitative estimate of drug-likeness (QED) is 0.202. The maximum absolute atomic E-state index is 14.9. The summed E-state index contributed by atoms with van der Waals surface area (Å²) in [7, 11) is -3.10. The van der Waals surface area contributed by atoms with Crippen molar-refractivity contribution in [3.8, 4) is 11.6 Å². The number of methoxy groups -OCH3 is 1. The fourth-order valence-electron chi connectivity index (χ4n) is 7.88. The second-order valence-electron chi connectivity index (χ2n) is 17.5. The van der Waals surface area contributed by atoms with Gasteiger partial charge >= 0.3 is 18.4 Å². The van der Waals surface area contributed by atoms with Crippen LogP contribution in [0.25, 0.3) is 11.0 Å². The Morgan fingerprint density at radius 3 is 2.32 bits per heavy atom. The number of carbonyl (C=O) groups is 4. The van der Waals surface area contributed by atoms with Crippen molar-refractivity contribution in [3.63, 3.8) is 0 Å². The largest absolute Gasteiger partial charge is 0.494 e. The van der Waals surface area contributed by atoms with E-state index in [1.54, 1.807) is 19.1 Å². The number of ether oxygens (including phenoxy) is 3. The van der Waals surface area contributed by atoms with Crippen LogP contribution < -0.4 is 24.8 Å². The van der Waals surface area contributed by atoms with Crippen molar-refractivity contribution >= 4 is 44.9 Å². The summed E-state index contributed by atoms with van der Waals surface area (Å²) in [4.78, 5) is 64.9. The highest BCUT2D eigenvalue weighted by molar-refractivity contribution is 7.91. The minimum absolute atomic E-state index is 0.0575. The van der Waals surface area contributed by atoms with E-state index < -0.39 is 128 Å². The lowest BCUT2D eigenvalue weighted by atomic mass is 9.85. The van der Waals surface area contributed by atoms with Gasteiger partial charge in [-0.25, -0.2) is 27.6 Å². The number of halogens is 7. The molecule has 2 aromatic rings. The second-order valence-corrected chi connectivity index (χ2v) is 19.7. The predicted octanol–water partition coefficient (Wildman–Crippen LogP) is 5.86. The topological polar surface area (TPSA) is 195 Å². The van der Waals surface area contributed by atoms with Gasteiger partial charge in [0.25, 0.3) is 5.91 Å². The Morgan fingerprint density at radius 1 is 1.05 bits per heavy atom. The third kappa shape index (κ3) is 9.76. The molecule has 23 heteroatoms. The minimum Gasteiger partial charge on any atom is -0.494 e. The van der Waals surface area contributed by atoms with Crippen LogP contribution in [0, 0.1) is 23.6 Å². The van der Waals surface area contributed by atoms with E-state index in [9.17, 15) is 58.3 Å². The average Bonchev–Trinajstić information content (AvgIpc) is 4.06. The number of alkyl halides is 6. The summed E-state index contributed by atoms with van der Waals surface area (Å²) in [6.45, 7) is 5.51. The molecule has 348 valence electrons. The first-order valence-corrected chi connectivity index (χ1v) is 21.8. The van der Waals surface area contributed by atoms with Crippen LogP contribution in [0.1, 0.15) is 91.7 Å². The molecule has 0 spiro atoms. The molecule has 1 saturated heterocycles. The lowest BCUT2D eigenvalue weighted by Crippen LogP contribution is -2.60. The summed E-state index contributed by atoms with van der Waals surface area (Å²) in [5.41, 5.74) is -7.32. The van der Waals surface area contributed by atoms with Crippen molar-refractivity contribution in [2.24, 2.45) is 17.8 Å². The molecule has 2 aliphatic heterocycles. The Kier molecular flexibility index (Phi) is 12.7. The minimum atomic E-state index is -5.22. The van der Waals surface area contributed by atoms with E-state index in [0.717, 1.165) is 18.1 Å². The average molecular weight is 923 g/mol. The van der Waals surface area contributed by atoms with E-state index in [-0.39, 0.29) is 49.3 Å². The van der Waals surface area contributed by atoms with Gasteiger partial charge in [-0.15, -0.1) is 0 Å². The monoisotopic (exact) mass is 922 g/mol. The van der Waals surface area contributed by atoms with Crippen LogP contribution in [-0.2, 0) is 35.3 Å². The molecule has 1 unspecified atom stereocenters. The van der Waals surface area contributed by atoms with Gasteiger partial charge in [0.2, 0.25) is 39.0 Å². The molecule has 1 aromatic heterocycles. The number of hydrogen-bond donors (Lipinski definition) is 3. The van der Waals surface area contributed by atoms with Gasteiger partial charge in [-0.3, -0.25) is 19.1 Å². The highest BCUT2D eigenvalue weighted by Gasteiger charge is 2.63. The van der Waals surface area contributed by atoms with Crippen LogP contribution in [-0.4, -0.2) is 101 Å². The zero-order valence-electron chi connectivity index (χ0n) is 35.2. The highest BCUT2D eigenvalue weighted by Crippen LogP contribution is 2.48. The van der Waals surface area contributed by atoms with Crippen LogP contribution in [0.2, 0.25) is 0 Å². The standard InChI is InChI=1S/C40H49F7N6O9S/c1-7-21-14-20(2)10-8-9-11-22-18-38(22,34(56)52-63(58,59)37(5)12-13-37)51-31(54)27-15-23(19-53(27)33(55)29(21)50-35(57)62-36(3,4)40(45,46)47)61-32-30(39(42,43)44)48-25-16-24(41)28(60-6)17-26(25)49-32/h9,11,16-17,20-23,27,29H,7-8,10,12-15,18-19H2,1-6H3,(H,50,57)(H,51,54)(H,52,56)/b11-9-/t20-,21-,22?,23-,27+,29+,38-/m1/s1. The lowest BCUT2D eigenvalue weighted by molar-refractivity contribution is -0.244. The fraction of sp³-hybridized carbons (Fsp3) is 0.650. The van der Waals surface area contributed by atoms with E-state index in [1.165, 1.54) is 6.92 Å². The molecule has 15 nitrogen and oxygen atoms in total. The number of hydrogen-bond acceptors (Lipinski definition) is 11. The molecule has 3 N–H and O–H groups in total. The maximum atomic E-state index is 14.9. The summed E-state index contributed by atoms with van der Waals surface area (Å²) in [5.74, 6) is -7.33. The summed E-state index contributed by atoms with van der Waals surface area (Å²) in [5, 5.41) is 4.88. The normalized spacial score (nSPS) is 28.4. The molecule has 0 radical (unpaired) electrons. The summed E-state index contributed by atoms with van der Waals surface area (Å²) in [6, 6.07) is -1.68. The number of alkyl carbamates (subject to hydrolysis) is 1. The molecular formula is C40H49F7N6O9S. The van der Waals surface area contributed by atoms with Crippen LogP contribution in [0.5, 0.6) is 11.6 Å². The second kappa shape index (κ2) is 16.9. The van der Waals surface area contributed by atoms with Crippen molar-refractivity contribution in [2.45, 2.75) is 132 Å². The van der Waals surface area contributed by atoms with E-state index in [0.29, 0.717) is 32.8 Å². The molecule has 3 heterocycles. The van der Waals surface area contributed by atoms with Gasteiger partial charge < -0.3 is 29.7 Å². The van der Waals surface area contributed by atoms with Gasteiger partial charge in [-0.2, -0.15) is 26.3 Å². The summed E-state index contributed by atoms with van der Waals surface area (Å²) >= 11 is 0. The predicted molar refractivity (Wildman–Crippen MR) is 209 cm³/mol. The van der Waals surface area contributed by atoms with E-state index >= 15 is 0 Å². The van der Waals surface area contributed by atoms with Crippen molar-refractivity contribution in [1.82, 2.24) is 30.2 Å². The zero-order chi connectivity index (χ0) is 46.7. The fourth-order valence-corrected chi connectivity index (χ4v) is 9.20. The van der Waals surface area contributed by atoms with Crippen LogP contribution in [0.4, 0.5) is 35.5 Å². The van der Waals surface area contributed by atoms with Crippen LogP contribution in [0.3, 0.4) is 0 Å². The molecule has 0 bridgehead atoms. The van der Waals surface area contributed by atoms with Crippen molar-refractivity contribution in [3.05, 3.63) is 35.8 Å². The van der Waals surface area contributed by atoms with Gasteiger partial charge in [0.1, 0.15) is 23.7 Å². The number of nitrogens with zero attached hydrogens (tertiary/aromatic N) is 3. The molecule has 4 amide bonds. The number of amides is 4. The molecule has 63 heavy (non-hydrogen) atoms.